The van der Waals surface area contributed by atoms with E-state index in [4.69, 9.17) is 9.47 Å². The van der Waals surface area contributed by atoms with Gasteiger partial charge in [0.2, 0.25) is 0 Å². The lowest BCUT2D eigenvalue weighted by Crippen LogP contribution is -2.27. The van der Waals surface area contributed by atoms with E-state index in [1.807, 2.05) is 19.1 Å². The van der Waals surface area contributed by atoms with Crippen LogP contribution in [0.2, 0.25) is 0 Å². The third kappa shape index (κ3) is 3.82. The molecule has 1 atom stereocenters. The quantitative estimate of drug-likeness (QED) is 0.762. The van der Waals surface area contributed by atoms with Crippen LogP contribution in [0, 0.1) is 0 Å². The zero-order chi connectivity index (χ0) is 17.8. The SMILES string of the molecule is CCCOc1c(Br)cc(C(=O)NC2CCc3ccccc32)cc1OC. The smallest absolute Gasteiger partial charge is 0.251 e. The van der Waals surface area contributed by atoms with Gasteiger partial charge in [0.25, 0.3) is 5.91 Å². The van der Waals surface area contributed by atoms with E-state index in [9.17, 15) is 4.79 Å². The Morgan fingerprint density at radius 1 is 1.32 bits per heavy atom. The summed E-state index contributed by atoms with van der Waals surface area (Å²) >= 11 is 3.49. The Morgan fingerprint density at radius 3 is 2.88 bits per heavy atom. The molecule has 0 saturated carbocycles. The van der Waals surface area contributed by atoms with E-state index >= 15 is 0 Å². The van der Waals surface area contributed by atoms with Gasteiger partial charge in [-0.25, -0.2) is 0 Å². The number of amides is 1. The van der Waals surface area contributed by atoms with Gasteiger partial charge in [-0.2, -0.15) is 0 Å². The second kappa shape index (κ2) is 7.91. The summed E-state index contributed by atoms with van der Waals surface area (Å²) in [5.41, 5.74) is 3.08. The minimum Gasteiger partial charge on any atom is -0.493 e. The molecular weight excluding hydrogens is 382 g/mol. The number of methoxy groups -OCH3 is 1. The fourth-order valence-electron chi connectivity index (χ4n) is 3.14. The van der Waals surface area contributed by atoms with Gasteiger partial charge in [-0.15, -0.1) is 0 Å². The Balaban J connectivity index is 1.80. The van der Waals surface area contributed by atoms with E-state index in [1.165, 1.54) is 11.1 Å². The number of carbonyl (C=O) groups excluding carboxylic acids is 1. The summed E-state index contributed by atoms with van der Waals surface area (Å²) < 4.78 is 11.8. The number of halogens is 1. The summed E-state index contributed by atoms with van der Waals surface area (Å²) in [6.45, 7) is 2.64. The summed E-state index contributed by atoms with van der Waals surface area (Å²) in [7, 11) is 1.58. The molecular formula is C20H22BrNO3. The second-order valence-electron chi connectivity index (χ2n) is 6.10. The number of benzene rings is 2. The van der Waals surface area contributed by atoms with E-state index < -0.39 is 0 Å². The molecule has 0 saturated heterocycles. The first-order valence-corrected chi connectivity index (χ1v) is 9.32. The van der Waals surface area contributed by atoms with Crippen LogP contribution in [0.15, 0.2) is 40.9 Å². The highest BCUT2D eigenvalue weighted by Gasteiger charge is 2.24. The van der Waals surface area contributed by atoms with Gasteiger partial charge >= 0.3 is 0 Å². The third-order valence-corrected chi connectivity index (χ3v) is 4.97. The Hall–Kier alpha value is -2.01. The molecule has 1 aliphatic rings. The van der Waals surface area contributed by atoms with Crippen molar-refractivity contribution in [2.24, 2.45) is 0 Å². The topological polar surface area (TPSA) is 47.6 Å². The lowest BCUT2D eigenvalue weighted by atomic mass is 10.1. The molecule has 0 spiro atoms. The number of nitrogens with one attached hydrogen (secondary N) is 1. The molecule has 1 aliphatic carbocycles. The van der Waals surface area contributed by atoms with Crippen molar-refractivity contribution in [3.63, 3.8) is 0 Å². The van der Waals surface area contributed by atoms with Crippen LogP contribution in [0.5, 0.6) is 11.5 Å². The minimum atomic E-state index is -0.109. The van der Waals surface area contributed by atoms with E-state index in [0.717, 1.165) is 23.7 Å². The van der Waals surface area contributed by atoms with Crippen molar-refractivity contribution in [2.45, 2.75) is 32.2 Å². The van der Waals surface area contributed by atoms with E-state index in [0.29, 0.717) is 23.7 Å². The summed E-state index contributed by atoms with van der Waals surface area (Å²) in [6.07, 6.45) is 2.83. The first kappa shape index (κ1) is 17.8. The molecule has 132 valence electrons. The average Bonchev–Trinajstić information content (AvgIpc) is 3.03. The molecule has 0 heterocycles. The molecule has 0 bridgehead atoms. The standard InChI is InChI=1S/C20H22BrNO3/c1-3-10-25-19-16(21)11-14(12-18(19)24-2)20(23)22-17-9-8-13-6-4-5-7-15(13)17/h4-7,11-12,17H,3,8-10H2,1-2H3,(H,22,23). The largest absolute Gasteiger partial charge is 0.493 e. The molecule has 0 radical (unpaired) electrons. The van der Waals surface area contributed by atoms with Gasteiger partial charge in [-0.1, -0.05) is 31.2 Å². The first-order valence-electron chi connectivity index (χ1n) is 8.53. The Labute approximate surface area is 156 Å². The fourth-order valence-corrected chi connectivity index (χ4v) is 3.70. The normalized spacial score (nSPS) is 15.6. The van der Waals surface area contributed by atoms with E-state index in [1.54, 1.807) is 19.2 Å². The molecule has 25 heavy (non-hydrogen) atoms. The molecule has 2 aromatic carbocycles. The van der Waals surface area contributed by atoms with Crippen LogP contribution >= 0.6 is 15.9 Å². The molecule has 0 fully saturated rings. The van der Waals surface area contributed by atoms with Crippen molar-refractivity contribution in [3.05, 3.63) is 57.6 Å². The summed E-state index contributed by atoms with van der Waals surface area (Å²) in [5.74, 6) is 1.08. The van der Waals surface area contributed by atoms with Gasteiger partial charge in [-0.3, -0.25) is 4.79 Å². The number of carbonyl (C=O) groups is 1. The van der Waals surface area contributed by atoms with Crippen molar-refractivity contribution in [3.8, 4) is 11.5 Å². The van der Waals surface area contributed by atoms with Crippen molar-refractivity contribution >= 4 is 21.8 Å². The van der Waals surface area contributed by atoms with Crippen molar-refractivity contribution in [2.75, 3.05) is 13.7 Å². The monoisotopic (exact) mass is 403 g/mol. The Morgan fingerprint density at radius 2 is 2.12 bits per heavy atom. The lowest BCUT2D eigenvalue weighted by Gasteiger charge is -2.17. The van der Waals surface area contributed by atoms with Gasteiger partial charge in [-0.05, 0) is 58.5 Å². The molecule has 4 nitrogen and oxygen atoms in total. The van der Waals surface area contributed by atoms with Crippen LogP contribution in [-0.4, -0.2) is 19.6 Å². The zero-order valence-corrected chi connectivity index (χ0v) is 16.1. The summed E-state index contributed by atoms with van der Waals surface area (Å²) in [4.78, 5) is 12.7. The number of fused-ring (bicyclic) bond motifs is 1. The van der Waals surface area contributed by atoms with Gasteiger partial charge in [0.05, 0.1) is 24.2 Å². The minimum absolute atomic E-state index is 0.0597. The molecule has 2 aromatic rings. The maximum absolute atomic E-state index is 12.7. The molecule has 0 aliphatic heterocycles. The maximum Gasteiger partial charge on any atom is 0.251 e. The number of aryl methyl sites for hydroxylation is 1. The highest BCUT2D eigenvalue weighted by Crippen LogP contribution is 2.37. The number of rotatable bonds is 6. The van der Waals surface area contributed by atoms with E-state index in [-0.39, 0.29) is 11.9 Å². The zero-order valence-electron chi connectivity index (χ0n) is 14.5. The average molecular weight is 404 g/mol. The second-order valence-corrected chi connectivity index (χ2v) is 6.96. The summed E-state index contributed by atoms with van der Waals surface area (Å²) in [5, 5.41) is 3.14. The van der Waals surface area contributed by atoms with Crippen LogP contribution in [0.1, 0.15) is 47.3 Å². The molecule has 1 N–H and O–H groups in total. The van der Waals surface area contributed by atoms with Crippen molar-refractivity contribution in [1.29, 1.82) is 0 Å². The van der Waals surface area contributed by atoms with Crippen LogP contribution in [0.25, 0.3) is 0 Å². The van der Waals surface area contributed by atoms with Gasteiger partial charge in [0.1, 0.15) is 0 Å². The predicted octanol–water partition coefficient (Wildman–Crippen LogP) is 4.66. The molecule has 1 unspecified atom stereocenters. The van der Waals surface area contributed by atoms with Gasteiger partial charge in [0.15, 0.2) is 11.5 Å². The molecule has 5 heteroatoms. The highest BCUT2D eigenvalue weighted by atomic mass is 79.9. The van der Waals surface area contributed by atoms with Gasteiger partial charge < -0.3 is 14.8 Å². The van der Waals surface area contributed by atoms with Crippen molar-refractivity contribution in [1.82, 2.24) is 5.32 Å². The molecule has 3 rings (SSSR count). The highest BCUT2D eigenvalue weighted by molar-refractivity contribution is 9.10. The first-order chi connectivity index (χ1) is 12.1. The number of hydrogen-bond donors (Lipinski definition) is 1. The maximum atomic E-state index is 12.7. The molecule has 1 amide bonds. The fraction of sp³-hybridized carbons (Fsp3) is 0.350. The molecule has 0 aromatic heterocycles. The number of ether oxygens (including phenoxy) is 2. The van der Waals surface area contributed by atoms with Gasteiger partial charge in [0, 0.05) is 5.56 Å². The third-order valence-electron chi connectivity index (χ3n) is 4.38. The van der Waals surface area contributed by atoms with Crippen LogP contribution in [-0.2, 0) is 6.42 Å². The number of hydrogen-bond acceptors (Lipinski definition) is 3. The Bertz CT molecular complexity index is 776. The predicted molar refractivity (Wildman–Crippen MR) is 101 cm³/mol. The lowest BCUT2D eigenvalue weighted by molar-refractivity contribution is 0.0936. The van der Waals surface area contributed by atoms with Crippen molar-refractivity contribution < 1.29 is 14.3 Å². The van der Waals surface area contributed by atoms with Crippen LogP contribution in [0.4, 0.5) is 0 Å². The van der Waals surface area contributed by atoms with Crippen LogP contribution in [0.3, 0.4) is 0 Å². The van der Waals surface area contributed by atoms with E-state index in [2.05, 4.69) is 33.4 Å². The summed E-state index contributed by atoms with van der Waals surface area (Å²) in [6, 6.07) is 11.8. The Kier molecular flexibility index (Phi) is 5.63. The van der Waals surface area contributed by atoms with Crippen LogP contribution < -0.4 is 14.8 Å².